The van der Waals surface area contributed by atoms with Crippen molar-refractivity contribution in [2.45, 2.75) is 13.3 Å². The van der Waals surface area contributed by atoms with Crippen LogP contribution in [-0.4, -0.2) is 45.9 Å². The van der Waals surface area contributed by atoms with Crippen molar-refractivity contribution in [1.29, 1.82) is 0 Å². The van der Waals surface area contributed by atoms with Crippen LogP contribution in [0.3, 0.4) is 0 Å². The van der Waals surface area contributed by atoms with Gasteiger partial charge in [-0.1, -0.05) is 6.92 Å². The number of methoxy groups -OCH3 is 1. The largest absolute Gasteiger partial charge is 0.382 e. The fourth-order valence-corrected chi connectivity index (χ4v) is 1.40. The van der Waals surface area contributed by atoms with Crippen LogP contribution in [0.5, 0.6) is 0 Å². The molecule has 1 N–H and O–H groups in total. The molecule has 0 aliphatic heterocycles. The fraction of sp³-hybridized carbons (Fsp3) is 1.00. The summed E-state index contributed by atoms with van der Waals surface area (Å²) in [5.41, 5.74) is 0. The molecule has 4 heteroatoms. The van der Waals surface area contributed by atoms with E-state index < -0.39 is 0 Å². The quantitative estimate of drug-likeness (QED) is 0.450. The van der Waals surface area contributed by atoms with Gasteiger partial charge >= 0.3 is 0 Å². The van der Waals surface area contributed by atoms with Gasteiger partial charge in [0.05, 0.1) is 19.8 Å². The average molecular weight is 224 g/mol. The molecule has 1 atom stereocenters. The highest BCUT2D eigenvalue weighted by atomic mass is 35.5. The van der Waals surface area contributed by atoms with Crippen LogP contribution >= 0.6 is 11.6 Å². The Labute approximate surface area is 92.1 Å². The molecule has 0 rings (SSSR count). The molecule has 0 saturated heterocycles. The molecule has 0 amide bonds. The van der Waals surface area contributed by atoms with Gasteiger partial charge in [0.25, 0.3) is 0 Å². The molecule has 0 aliphatic rings. The summed E-state index contributed by atoms with van der Waals surface area (Å²) in [6.07, 6.45) is 1.07. The van der Waals surface area contributed by atoms with E-state index in [1.165, 1.54) is 0 Å². The molecule has 0 bridgehead atoms. The number of ether oxygens (including phenoxy) is 2. The minimum absolute atomic E-state index is 0.645. The Kier molecular flexibility index (Phi) is 11.4. The van der Waals surface area contributed by atoms with Crippen molar-refractivity contribution in [3.05, 3.63) is 0 Å². The molecule has 86 valence electrons. The zero-order chi connectivity index (χ0) is 10.6. The molecule has 0 heterocycles. The molecule has 0 aromatic rings. The lowest BCUT2D eigenvalue weighted by Crippen LogP contribution is -2.25. The summed E-state index contributed by atoms with van der Waals surface area (Å²) in [4.78, 5) is 0. The average Bonchev–Trinajstić information content (AvgIpc) is 2.17. The summed E-state index contributed by atoms with van der Waals surface area (Å²) in [5.74, 6) is 1.39. The maximum atomic E-state index is 5.63. The molecular formula is C10H22ClNO2. The SMILES string of the molecule is COCCOCCNCC(C)CCCl. The predicted molar refractivity (Wildman–Crippen MR) is 60.1 cm³/mol. The van der Waals surface area contributed by atoms with Crippen molar-refractivity contribution < 1.29 is 9.47 Å². The lowest BCUT2D eigenvalue weighted by molar-refractivity contribution is 0.0717. The molecule has 0 saturated carbocycles. The summed E-state index contributed by atoms with van der Waals surface area (Å²) in [6, 6.07) is 0. The van der Waals surface area contributed by atoms with Crippen LogP contribution < -0.4 is 5.32 Å². The van der Waals surface area contributed by atoms with Gasteiger partial charge in [-0.15, -0.1) is 11.6 Å². The van der Waals surface area contributed by atoms with Gasteiger partial charge in [0.1, 0.15) is 0 Å². The van der Waals surface area contributed by atoms with E-state index in [0.29, 0.717) is 19.1 Å². The zero-order valence-corrected chi connectivity index (χ0v) is 9.98. The Morgan fingerprint density at radius 1 is 1.29 bits per heavy atom. The number of alkyl halides is 1. The molecule has 0 aromatic heterocycles. The summed E-state index contributed by atoms with van der Waals surface area (Å²) in [5, 5.41) is 3.32. The molecular weight excluding hydrogens is 202 g/mol. The highest BCUT2D eigenvalue weighted by molar-refractivity contribution is 6.17. The first-order valence-corrected chi connectivity index (χ1v) is 5.68. The molecule has 3 nitrogen and oxygen atoms in total. The number of halogens is 1. The van der Waals surface area contributed by atoms with Crippen LogP contribution in [0.1, 0.15) is 13.3 Å². The first-order valence-electron chi connectivity index (χ1n) is 5.14. The van der Waals surface area contributed by atoms with Crippen LogP contribution in [0.15, 0.2) is 0 Å². The monoisotopic (exact) mass is 223 g/mol. The normalized spacial score (nSPS) is 13.1. The van der Waals surface area contributed by atoms with Gasteiger partial charge in [-0.05, 0) is 18.9 Å². The summed E-state index contributed by atoms with van der Waals surface area (Å²) < 4.78 is 10.2. The molecule has 0 radical (unpaired) electrons. The Hall–Kier alpha value is 0.170. The summed E-state index contributed by atoms with van der Waals surface area (Å²) >= 11 is 5.63. The zero-order valence-electron chi connectivity index (χ0n) is 9.22. The third-order valence-electron chi connectivity index (χ3n) is 1.95. The molecule has 0 spiro atoms. The maximum absolute atomic E-state index is 5.63. The van der Waals surface area contributed by atoms with Gasteiger partial charge in [-0.3, -0.25) is 0 Å². The van der Waals surface area contributed by atoms with Gasteiger partial charge in [-0.2, -0.15) is 0 Å². The van der Waals surface area contributed by atoms with Crippen molar-refractivity contribution in [2.75, 3.05) is 45.9 Å². The first-order chi connectivity index (χ1) is 6.81. The van der Waals surface area contributed by atoms with Crippen LogP contribution in [0, 0.1) is 5.92 Å². The van der Waals surface area contributed by atoms with Crippen LogP contribution in [0.25, 0.3) is 0 Å². The Bertz CT molecular complexity index is 114. The smallest absolute Gasteiger partial charge is 0.0700 e. The van der Waals surface area contributed by atoms with E-state index in [0.717, 1.165) is 32.0 Å². The van der Waals surface area contributed by atoms with Crippen LogP contribution in [0.2, 0.25) is 0 Å². The highest BCUT2D eigenvalue weighted by Crippen LogP contribution is 2.00. The van der Waals surface area contributed by atoms with Crippen molar-refractivity contribution in [1.82, 2.24) is 5.32 Å². The van der Waals surface area contributed by atoms with Crippen molar-refractivity contribution in [3.8, 4) is 0 Å². The predicted octanol–water partition coefficient (Wildman–Crippen LogP) is 1.50. The fourth-order valence-electron chi connectivity index (χ4n) is 1.03. The van der Waals surface area contributed by atoms with E-state index in [-0.39, 0.29) is 0 Å². The minimum atomic E-state index is 0.645. The van der Waals surface area contributed by atoms with Gasteiger partial charge in [-0.25, -0.2) is 0 Å². The van der Waals surface area contributed by atoms with Gasteiger partial charge < -0.3 is 14.8 Å². The standard InChI is InChI=1S/C10H22ClNO2/c1-10(3-4-11)9-12-5-6-14-8-7-13-2/h10,12H,3-9H2,1-2H3. The Morgan fingerprint density at radius 2 is 2.07 bits per heavy atom. The van der Waals surface area contributed by atoms with E-state index in [9.17, 15) is 0 Å². The lowest BCUT2D eigenvalue weighted by atomic mass is 10.1. The van der Waals surface area contributed by atoms with Gasteiger partial charge in [0, 0.05) is 19.5 Å². The lowest BCUT2D eigenvalue weighted by Gasteiger charge is -2.10. The molecule has 0 aromatic carbocycles. The third kappa shape index (κ3) is 10.3. The highest BCUT2D eigenvalue weighted by Gasteiger charge is 1.99. The van der Waals surface area contributed by atoms with Crippen LogP contribution in [0.4, 0.5) is 0 Å². The van der Waals surface area contributed by atoms with Crippen molar-refractivity contribution in [2.24, 2.45) is 5.92 Å². The number of hydrogen-bond acceptors (Lipinski definition) is 3. The summed E-state index contributed by atoms with van der Waals surface area (Å²) in [6.45, 7) is 6.20. The molecule has 14 heavy (non-hydrogen) atoms. The second-order valence-electron chi connectivity index (χ2n) is 3.39. The first kappa shape index (κ1) is 14.2. The van der Waals surface area contributed by atoms with E-state index >= 15 is 0 Å². The molecule has 1 unspecified atom stereocenters. The van der Waals surface area contributed by atoms with E-state index in [2.05, 4.69) is 12.2 Å². The topological polar surface area (TPSA) is 30.5 Å². The van der Waals surface area contributed by atoms with Gasteiger partial charge in [0.15, 0.2) is 0 Å². The second kappa shape index (κ2) is 11.2. The minimum Gasteiger partial charge on any atom is -0.382 e. The Balaban J connectivity index is 2.98. The molecule has 0 aliphatic carbocycles. The van der Waals surface area contributed by atoms with Crippen molar-refractivity contribution >= 4 is 11.6 Å². The van der Waals surface area contributed by atoms with E-state index in [1.54, 1.807) is 7.11 Å². The van der Waals surface area contributed by atoms with Crippen LogP contribution in [-0.2, 0) is 9.47 Å². The summed E-state index contributed by atoms with van der Waals surface area (Å²) in [7, 11) is 1.68. The second-order valence-corrected chi connectivity index (χ2v) is 3.77. The maximum Gasteiger partial charge on any atom is 0.0700 e. The number of hydrogen-bond donors (Lipinski definition) is 1. The number of rotatable bonds is 10. The van der Waals surface area contributed by atoms with E-state index in [4.69, 9.17) is 21.1 Å². The van der Waals surface area contributed by atoms with Crippen molar-refractivity contribution in [3.63, 3.8) is 0 Å². The van der Waals surface area contributed by atoms with E-state index in [1.807, 2.05) is 0 Å². The Morgan fingerprint density at radius 3 is 2.71 bits per heavy atom. The number of nitrogens with one attached hydrogen (secondary N) is 1. The third-order valence-corrected chi connectivity index (χ3v) is 2.17. The van der Waals surface area contributed by atoms with Gasteiger partial charge in [0.2, 0.25) is 0 Å². The molecule has 0 fully saturated rings.